The minimum atomic E-state index is 0. The molecule has 0 saturated heterocycles. The van der Waals surface area contributed by atoms with Crippen molar-refractivity contribution in [2.75, 3.05) is 0 Å². The van der Waals surface area contributed by atoms with E-state index in [-0.39, 0.29) is 46.5 Å². The molecule has 50 heavy (non-hydrogen) atoms. The van der Waals surface area contributed by atoms with Crippen molar-refractivity contribution in [1.29, 1.82) is 0 Å². The Morgan fingerprint density at radius 3 is 2.00 bits per heavy atom. The number of benzene rings is 2. The van der Waals surface area contributed by atoms with Gasteiger partial charge in [0.2, 0.25) is 0 Å². The van der Waals surface area contributed by atoms with Gasteiger partial charge in [0.05, 0.1) is 0 Å². The van der Waals surface area contributed by atoms with E-state index in [1.165, 1.54) is 68.1 Å². The topological polar surface area (TPSA) is 0 Å². The van der Waals surface area contributed by atoms with Gasteiger partial charge in [-0.05, 0) is 40.6 Å². The summed E-state index contributed by atoms with van der Waals surface area (Å²) in [6.45, 7) is 31.3. The minimum Gasteiger partial charge on any atom is -1.00 e. The molecule has 3 aromatic carbocycles. The molecule has 1 saturated carbocycles. The largest absolute Gasteiger partial charge is 1.00 e. The number of fused-ring (bicyclic) bond motifs is 6. The third kappa shape index (κ3) is 6.99. The van der Waals surface area contributed by atoms with Gasteiger partial charge in [0, 0.05) is 0 Å². The summed E-state index contributed by atoms with van der Waals surface area (Å²) in [7, 11) is 0. The molecule has 2 atom stereocenters. The molecule has 3 heteroatoms. The first-order valence-corrected chi connectivity index (χ1v) is 19.4. The fourth-order valence-electron chi connectivity index (χ4n) is 9.29. The van der Waals surface area contributed by atoms with Crippen LogP contribution in [0.5, 0.6) is 0 Å². The molecule has 268 valence electrons. The predicted molar refractivity (Wildman–Crippen MR) is 206 cm³/mol. The van der Waals surface area contributed by atoms with E-state index in [2.05, 4.69) is 169 Å². The van der Waals surface area contributed by atoms with E-state index in [1.54, 1.807) is 28.2 Å². The zero-order chi connectivity index (χ0) is 35.4. The van der Waals surface area contributed by atoms with Gasteiger partial charge in [0.1, 0.15) is 0 Å². The molecule has 1 fully saturated rings. The van der Waals surface area contributed by atoms with Crippen LogP contribution in [0.15, 0.2) is 102 Å². The number of aryl methyl sites for hydroxylation is 1. The monoisotopic (exact) mass is 784 g/mol. The van der Waals surface area contributed by atoms with Gasteiger partial charge in [0.15, 0.2) is 0 Å². The fourth-order valence-corrected chi connectivity index (χ4v) is 9.70. The van der Waals surface area contributed by atoms with E-state index in [0.717, 1.165) is 6.42 Å². The summed E-state index contributed by atoms with van der Waals surface area (Å²) in [5.74, 6) is 2.24. The van der Waals surface area contributed by atoms with E-state index >= 15 is 0 Å². The summed E-state index contributed by atoms with van der Waals surface area (Å²) >= 11 is 1.51. The summed E-state index contributed by atoms with van der Waals surface area (Å²) in [5.41, 5.74) is 14.8. The molecule has 0 spiro atoms. The first kappa shape index (κ1) is 42.6. The van der Waals surface area contributed by atoms with Gasteiger partial charge in [-0.3, -0.25) is 0 Å². The van der Waals surface area contributed by atoms with Gasteiger partial charge in [-0.1, -0.05) is 147 Å². The van der Waals surface area contributed by atoms with Crippen LogP contribution in [0.25, 0.3) is 5.57 Å². The molecule has 0 aliphatic heterocycles. The van der Waals surface area contributed by atoms with E-state index in [4.69, 9.17) is 0 Å². The summed E-state index contributed by atoms with van der Waals surface area (Å²) < 4.78 is 1.46. The second-order valence-electron chi connectivity index (χ2n) is 17.7. The Hall–Kier alpha value is -1.79. The van der Waals surface area contributed by atoms with Gasteiger partial charge < -0.3 is 24.8 Å². The van der Waals surface area contributed by atoms with Gasteiger partial charge in [-0.2, -0.15) is 34.4 Å². The number of hydrogen-bond acceptors (Lipinski definition) is 0. The normalized spacial score (nSPS) is 23.3. The third-order valence-corrected chi connectivity index (χ3v) is 14.5. The minimum absolute atomic E-state index is 0. The van der Waals surface area contributed by atoms with E-state index < -0.39 is 0 Å². The van der Waals surface area contributed by atoms with Crippen LogP contribution in [0.1, 0.15) is 124 Å². The van der Waals surface area contributed by atoms with Gasteiger partial charge in [-0.15, -0.1) is 6.92 Å². The first-order chi connectivity index (χ1) is 22.3. The molecule has 0 N–H and O–H groups in total. The Balaban J connectivity index is 0.000000265. The molecule has 7 rings (SSSR count). The van der Waals surface area contributed by atoms with Crippen molar-refractivity contribution in [3.8, 4) is 0 Å². The summed E-state index contributed by atoms with van der Waals surface area (Å²) in [6, 6.07) is 26.3. The summed E-state index contributed by atoms with van der Waals surface area (Å²) in [5, 5.41) is 0. The van der Waals surface area contributed by atoms with Crippen molar-refractivity contribution in [2.24, 2.45) is 27.6 Å². The molecule has 4 aliphatic rings. The zero-order valence-corrected chi connectivity index (χ0v) is 37.0. The molecular weight excluding hydrogens is 727 g/mol. The molecule has 0 nitrogen and oxygen atoms in total. The van der Waals surface area contributed by atoms with Crippen LogP contribution in [0.4, 0.5) is 0 Å². The Labute approximate surface area is 333 Å². The quantitative estimate of drug-likeness (QED) is 0.240. The molecule has 0 bridgehead atoms. The Morgan fingerprint density at radius 1 is 0.880 bits per heavy atom. The van der Waals surface area contributed by atoms with Crippen LogP contribution in [-0.4, -0.2) is 3.21 Å². The number of halogens is 2. The summed E-state index contributed by atoms with van der Waals surface area (Å²) in [6.07, 6.45) is 8.50. The number of hydrogen-bond donors (Lipinski definition) is 0. The van der Waals surface area contributed by atoms with E-state index in [0.29, 0.717) is 11.3 Å². The van der Waals surface area contributed by atoms with Gasteiger partial charge in [0.25, 0.3) is 0 Å². The Kier molecular flexibility index (Phi) is 13.0. The molecular formula is C47H60Cl2Zr-2. The van der Waals surface area contributed by atoms with E-state index in [9.17, 15) is 0 Å². The van der Waals surface area contributed by atoms with Crippen LogP contribution in [0.3, 0.4) is 0 Å². The Bertz CT molecular complexity index is 1770. The SMILES string of the molecule is C[C-]1C2=C3Cc4ccccc4C3=C3C=CCCC3C2(C)C(C)(C)C(C)(C)C1(C)C.C[C](=[Zr+2])c1ccccc1.Cc1cc(C(C)(C)C)c[cH-]1.[Cl-].[Cl-]. The second-order valence-corrected chi connectivity index (χ2v) is 19.5. The van der Waals surface area contributed by atoms with Crippen molar-refractivity contribution in [3.63, 3.8) is 0 Å². The van der Waals surface area contributed by atoms with Crippen molar-refractivity contribution in [1.82, 2.24) is 0 Å². The molecule has 0 amide bonds. The van der Waals surface area contributed by atoms with Crippen molar-refractivity contribution >= 4 is 8.78 Å². The van der Waals surface area contributed by atoms with Crippen LogP contribution < -0.4 is 24.8 Å². The van der Waals surface area contributed by atoms with Crippen molar-refractivity contribution < 1.29 is 49.0 Å². The van der Waals surface area contributed by atoms with Crippen LogP contribution in [0, 0.1) is 40.4 Å². The molecule has 2 unspecified atom stereocenters. The maximum absolute atomic E-state index is 2.62. The first-order valence-electron chi connectivity index (χ1n) is 18.2. The molecule has 4 aliphatic carbocycles. The van der Waals surface area contributed by atoms with Crippen LogP contribution >= 0.6 is 0 Å². The van der Waals surface area contributed by atoms with Crippen LogP contribution in [0.2, 0.25) is 0 Å². The van der Waals surface area contributed by atoms with Crippen LogP contribution in [-0.2, 0) is 36.1 Å². The maximum Gasteiger partial charge on any atom is -0.0635 e. The molecule has 0 heterocycles. The maximum atomic E-state index is 2.62. The Morgan fingerprint density at radius 2 is 1.48 bits per heavy atom. The average Bonchev–Trinajstić information content (AvgIpc) is 3.65. The van der Waals surface area contributed by atoms with Crippen molar-refractivity contribution in [3.05, 3.63) is 135 Å². The summed E-state index contributed by atoms with van der Waals surface area (Å²) in [4.78, 5) is 0. The second kappa shape index (κ2) is 15.3. The average molecular weight is 787 g/mol. The zero-order valence-electron chi connectivity index (χ0n) is 33.0. The third-order valence-electron chi connectivity index (χ3n) is 13.8. The predicted octanol–water partition coefficient (Wildman–Crippen LogP) is 6.76. The van der Waals surface area contributed by atoms with Gasteiger partial charge in [-0.25, -0.2) is 12.0 Å². The molecule has 0 aromatic heterocycles. The number of allylic oxidation sites excluding steroid dienone is 6. The molecule has 3 aromatic rings. The van der Waals surface area contributed by atoms with E-state index in [1.807, 2.05) is 6.07 Å². The smallest absolute Gasteiger partial charge is 0.0635 e. The molecule has 0 radical (unpaired) electrons. The van der Waals surface area contributed by atoms with Crippen molar-refractivity contribution in [2.45, 2.75) is 115 Å². The standard InChI is InChI=1S/C29H37.C10H15.C8H8.2ClH.Zr/c1-18-25-22-17-19-13-9-10-14-20(19)24(22)21-15-11-12-16-23(21)29(25,8)28(6,7)27(4,5)26(18,2)3;1-8-5-6-9(7-8)10(2,3)4;1-2-8-6-4-3-5-7-8;;;/h9-11,13-15,23H,12,16-17H2,1-8H3;5-7H,1-4H3;3-7H,1H3;2*1H;/q2*-1;;;;+2/p-2. The fraction of sp³-hybridized carbons (Fsp3) is 0.468. The van der Waals surface area contributed by atoms with Gasteiger partial charge >= 0.3 is 70.3 Å². The number of rotatable bonds is 1.